The topological polar surface area (TPSA) is 24.1 Å². The van der Waals surface area contributed by atoms with Crippen LogP contribution in [0.25, 0.3) is 0 Å². The van der Waals surface area contributed by atoms with Crippen molar-refractivity contribution < 1.29 is 0 Å². The maximum atomic E-state index is 3.68. The fourth-order valence-corrected chi connectivity index (χ4v) is 2.59. The molecule has 0 aromatic heterocycles. The van der Waals surface area contributed by atoms with Gasteiger partial charge in [-0.3, -0.25) is 0 Å². The smallest absolute Gasteiger partial charge is 0.0520 e. The third kappa shape index (κ3) is 3.69. The molecule has 0 aliphatic carbocycles. The first kappa shape index (κ1) is 14.8. The van der Waals surface area contributed by atoms with Crippen LogP contribution >= 0.6 is 0 Å². The third-order valence-electron chi connectivity index (χ3n) is 3.47. The van der Waals surface area contributed by atoms with E-state index in [4.69, 9.17) is 0 Å². The van der Waals surface area contributed by atoms with Crippen LogP contribution in [0.15, 0.2) is 60.7 Å². The molecule has 0 fully saturated rings. The van der Waals surface area contributed by atoms with Crippen molar-refractivity contribution in [2.45, 2.75) is 32.0 Å². The van der Waals surface area contributed by atoms with Crippen LogP contribution in [0.1, 0.15) is 37.1 Å². The van der Waals surface area contributed by atoms with Gasteiger partial charge in [-0.15, -0.1) is 0 Å². The van der Waals surface area contributed by atoms with Crippen LogP contribution < -0.4 is 10.6 Å². The Kier molecular flexibility index (Phi) is 5.33. The van der Waals surface area contributed by atoms with E-state index in [0.717, 1.165) is 0 Å². The SMILES string of the molecule is CN[C@@H](c1ccccc1)[C@@H](NC(C)C)c1ccccc1. The van der Waals surface area contributed by atoms with Crippen molar-refractivity contribution in [3.63, 3.8) is 0 Å². The van der Waals surface area contributed by atoms with Crippen LogP contribution in [-0.4, -0.2) is 13.1 Å². The highest BCUT2D eigenvalue weighted by atomic mass is 15.0. The normalized spacial score (nSPS) is 14.2. The Labute approximate surface area is 122 Å². The van der Waals surface area contributed by atoms with Gasteiger partial charge in [-0.25, -0.2) is 0 Å². The Hall–Kier alpha value is -1.64. The molecule has 2 N–H and O–H groups in total. The molecule has 0 bridgehead atoms. The molecular weight excluding hydrogens is 244 g/mol. The van der Waals surface area contributed by atoms with Gasteiger partial charge >= 0.3 is 0 Å². The Morgan fingerprint density at radius 3 is 1.55 bits per heavy atom. The van der Waals surface area contributed by atoms with Crippen molar-refractivity contribution in [2.24, 2.45) is 0 Å². The summed E-state index contributed by atoms with van der Waals surface area (Å²) in [4.78, 5) is 0. The molecule has 0 amide bonds. The zero-order chi connectivity index (χ0) is 14.4. The van der Waals surface area contributed by atoms with Crippen LogP contribution in [0.3, 0.4) is 0 Å². The average Bonchev–Trinajstić information content (AvgIpc) is 2.49. The highest BCUT2D eigenvalue weighted by molar-refractivity contribution is 5.27. The number of hydrogen-bond donors (Lipinski definition) is 2. The first-order valence-corrected chi connectivity index (χ1v) is 7.25. The predicted octanol–water partition coefficient (Wildman–Crippen LogP) is 3.69. The Morgan fingerprint density at radius 2 is 1.15 bits per heavy atom. The Balaban J connectivity index is 2.34. The molecule has 0 aliphatic rings. The first-order chi connectivity index (χ1) is 9.72. The molecule has 0 unspecified atom stereocenters. The lowest BCUT2D eigenvalue weighted by molar-refractivity contribution is 0.378. The van der Waals surface area contributed by atoms with Gasteiger partial charge < -0.3 is 10.6 Å². The molecule has 0 radical (unpaired) electrons. The van der Waals surface area contributed by atoms with Crippen molar-refractivity contribution in [1.29, 1.82) is 0 Å². The number of nitrogens with one attached hydrogen (secondary N) is 2. The van der Waals surface area contributed by atoms with Crippen LogP contribution in [0.5, 0.6) is 0 Å². The van der Waals surface area contributed by atoms with Gasteiger partial charge in [0.05, 0.1) is 12.1 Å². The van der Waals surface area contributed by atoms with Gasteiger partial charge in [-0.1, -0.05) is 74.5 Å². The average molecular weight is 268 g/mol. The summed E-state index contributed by atoms with van der Waals surface area (Å²) in [6.45, 7) is 4.38. The maximum Gasteiger partial charge on any atom is 0.0520 e. The molecule has 106 valence electrons. The van der Waals surface area contributed by atoms with E-state index < -0.39 is 0 Å². The fourth-order valence-electron chi connectivity index (χ4n) is 2.59. The summed E-state index contributed by atoms with van der Waals surface area (Å²) in [5.74, 6) is 0. The van der Waals surface area contributed by atoms with E-state index in [2.05, 4.69) is 85.1 Å². The molecule has 0 saturated heterocycles. The number of hydrogen-bond acceptors (Lipinski definition) is 2. The van der Waals surface area contributed by atoms with Crippen molar-refractivity contribution in [3.05, 3.63) is 71.8 Å². The van der Waals surface area contributed by atoms with E-state index in [1.165, 1.54) is 11.1 Å². The van der Waals surface area contributed by atoms with Gasteiger partial charge in [0, 0.05) is 6.04 Å². The van der Waals surface area contributed by atoms with Crippen molar-refractivity contribution in [3.8, 4) is 0 Å². The molecule has 2 rings (SSSR count). The molecule has 2 heteroatoms. The van der Waals surface area contributed by atoms with Gasteiger partial charge in [-0.05, 0) is 18.2 Å². The highest BCUT2D eigenvalue weighted by Crippen LogP contribution is 2.28. The molecule has 2 aromatic carbocycles. The van der Waals surface area contributed by atoms with Crippen LogP contribution in [0, 0.1) is 0 Å². The summed E-state index contributed by atoms with van der Waals surface area (Å²) >= 11 is 0. The summed E-state index contributed by atoms with van der Waals surface area (Å²) in [7, 11) is 2.02. The summed E-state index contributed by atoms with van der Waals surface area (Å²) < 4.78 is 0. The minimum atomic E-state index is 0.251. The first-order valence-electron chi connectivity index (χ1n) is 7.25. The van der Waals surface area contributed by atoms with Gasteiger partial charge in [0.15, 0.2) is 0 Å². The molecule has 0 spiro atoms. The molecule has 2 nitrogen and oxygen atoms in total. The van der Waals surface area contributed by atoms with Crippen molar-refractivity contribution in [2.75, 3.05) is 7.05 Å². The fraction of sp³-hybridized carbons (Fsp3) is 0.333. The van der Waals surface area contributed by atoms with E-state index in [1.54, 1.807) is 0 Å². The number of benzene rings is 2. The molecule has 0 aliphatic heterocycles. The maximum absolute atomic E-state index is 3.68. The summed E-state index contributed by atoms with van der Waals surface area (Å²) in [6.07, 6.45) is 0. The molecule has 20 heavy (non-hydrogen) atoms. The summed E-state index contributed by atoms with van der Waals surface area (Å²) in [5, 5.41) is 7.14. The predicted molar refractivity (Wildman–Crippen MR) is 85.7 cm³/mol. The molecule has 2 atom stereocenters. The van der Waals surface area contributed by atoms with Gasteiger partial charge in [0.1, 0.15) is 0 Å². The van der Waals surface area contributed by atoms with E-state index in [0.29, 0.717) is 6.04 Å². The quantitative estimate of drug-likeness (QED) is 0.835. The highest BCUT2D eigenvalue weighted by Gasteiger charge is 2.23. The standard InChI is InChI=1S/C18H24N2/c1-14(2)20-18(16-12-8-5-9-13-16)17(19-3)15-10-6-4-7-11-15/h4-14,17-20H,1-3H3/t17-,18-/m0/s1. The van der Waals surface area contributed by atoms with Gasteiger partial charge in [0.25, 0.3) is 0 Å². The van der Waals surface area contributed by atoms with Crippen LogP contribution in [0.2, 0.25) is 0 Å². The monoisotopic (exact) mass is 268 g/mol. The Bertz CT molecular complexity index is 493. The summed E-state index contributed by atoms with van der Waals surface area (Å²) in [6, 6.07) is 22.2. The lowest BCUT2D eigenvalue weighted by Gasteiger charge is -2.30. The summed E-state index contributed by atoms with van der Waals surface area (Å²) in [5.41, 5.74) is 2.61. The lowest BCUT2D eigenvalue weighted by Crippen LogP contribution is -2.37. The van der Waals surface area contributed by atoms with E-state index in [9.17, 15) is 0 Å². The molecular formula is C18H24N2. The van der Waals surface area contributed by atoms with Crippen molar-refractivity contribution in [1.82, 2.24) is 10.6 Å². The van der Waals surface area contributed by atoms with Crippen molar-refractivity contribution >= 4 is 0 Å². The largest absolute Gasteiger partial charge is 0.311 e. The third-order valence-corrected chi connectivity index (χ3v) is 3.47. The van der Waals surface area contributed by atoms with Crippen LogP contribution in [-0.2, 0) is 0 Å². The molecule has 0 heterocycles. The molecule has 2 aromatic rings. The number of likely N-dealkylation sites (N-methyl/N-ethyl adjacent to an activating group) is 1. The molecule has 0 saturated carbocycles. The zero-order valence-corrected chi connectivity index (χ0v) is 12.5. The number of rotatable bonds is 6. The van der Waals surface area contributed by atoms with Gasteiger partial charge in [0.2, 0.25) is 0 Å². The van der Waals surface area contributed by atoms with E-state index >= 15 is 0 Å². The lowest BCUT2D eigenvalue weighted by atomic mass is 9.93. The minimum Gasteiger partial charge on any atom is -0.311 e. The second-order valence-electron chi connectivity index (χ2n) is 5.39. The second-order valence-corrected chi connectivity index (χ2v) is 5.39. The zero-order valence-electron chi connectivity index (χ0n) is 12.5. The Morgan fingerprint density at radius 1 is 0.700 bits per heavy atom. The van der Waals surface area contributed by atoms with E-state index in [1.807, 2.05) is 7.05 Å². The van der Waals surface area contributed by atoms with Gasteiger partial charge in [-0.2, -0.15) is 0 Å². The second kappa shape index (κ2) is 7.22. The minimum absolute atomic E-state index is 0.251. The van der Waals surface area contributed by atoms with Crippen LogP contribution in [0.4, 0.5) is 0 Å². The van der Waals surface area contributed by atoms with E-state index in [-0.39, 0.29) is 12.1 Å².